The topological polar surface area (TPSA) is 73.8 Å². The summed E-state index contributed by atoms with van der Waals surface area (Å²) in [5, 5.41) is 3.87. The van der Waals surface area contributed by atoms with Crippen LogP contribution in [-0.4, -0.2) is 19.7 Å². The van der Waals surface area contributed by atoms with Crippen LogP contribution in [-0.2, 0) is 6.54 Å². The molecule has 0 N–H and O–H groups in total. The molecule has 0 saturated carbocycles. The predicted octanol–water partition coefficient (Wildman–Crippen LogP) is 1.71. The van der Waals surface area contributed by atoms with Crippen molar-refractivity contribution >= 4 is 22.6 Å². The number of halogens is 1. The average Bonchev–Trinajstić information content (AvgIpc) is 2.78. The highest BCUT2D eigenvalue weighted by Gasteiger charge is 2.13. The van der Waals surface area contributed by atoms with E-state index in [1.807, 2.05) is 36.4 Å². The molecule has 2 aromatic heterocycles. The van der Waals surface area contributed by atoms with Gasteiger partial charge in [-0.3, -0.25) is 9.36 Å². The van der Waals surface area contributed by atoms with E-state index in [4.69, 9.17) is 4.52 Å². The first-order valence-corrected chi connectivity index (χ1v) is 6.61. The van der Waals surface area contributed by atoms with Gasteiger partial charge < -0.3 is 4.52 Å². The summed E-state index contributed by atoms with van der Waals surface area (Å²) < 4.78 is 7.23. The Labute approximate surface area is 118 Å². The number of rotatable bonds is 3. The van der Waals surface area contributed by atoms with Gasteiger partial charge in [0.2, 0.25) is 5.89 Å². The summed E-state index contributed by atoms with van der Waals surface area (Å²) in [5.74, 6) is 1.90. The van der Waals surface area contributed by atoms with Crippen molar-refractivity contribution in [2.24, 2.45) is 0 Å². The zero-order chi connectivity index (χ0) is 13.3. The fourth-order valence-corrected chi connectivity index (χ4v) is 1.87. The third kappa shape index (κ3) is 2.60. The molecular weight excluding hydrogens is 347 g/mol. The van der Waals surface area contributed by atoms with Crippen LogP contribution in [0.4, 0.5) is 0 Å². The SMILES string of the molecule is Cc1ncc(I)c(=O)n1Cc1nc(C(C)C)no1. The molecule has 0 aromatic carbocycles. The average molecular weight is 360 g/mol. The zero-order valence-electron chi connectivity index (χ0n) is 10.3. The second-order valence-corrected chi connectivity index (χ2v) is 5.41. The van der Waals surface area contributed by atoms with Crippen molar-refractivity contribution in [3.05, 3.63) is 37.7 Å². The van der Waals surface area contributed by atoms with E-state index in [1.165, 1.54) is 4.57 Å². The van der Waals surface area contributed by atoms with Crippen molar-refractivity contribution in [3.8, 4) is 0 Å². The number of aromatic nitrogens is 4. The number of hydrogen-bond acceptors (Lipinski definition) is 5. The monoisotopic (exact) mass is 360 g/mol. The van der Waals surface area contributed by atoms with Gasteiger partial charge in [0.15, 0.2) is 5.82 Å². The largest absolute Gasteiger partial charge is 0.337 e. The molecule has 7 heteroatoms. The summed E-state index contributed by atoms with van der Waals surface area (Å²) in [6.07, 6.45) is 1.56. The first kappa shape index (κ1) is 13.2. The third-order valence-corrected chi connectivity index (χ3v) is 3.24. The Balaban J connectivity index is 2.34. The molecule has 0 radical (unpaired) electrons. The van der Waals surface area contributed by atoms with E-state index in [1.54, 1.807) is 13.1 Å². The molecule has 0 atom stereocenters. The van der Waals surface area contributed by atoms with E-state index in [2.05, 4.69) is 15.1 Å². The van der Waals surface area contributed by atoms with Gasteiger partial charge in [0.05, 0.1) is 3.57 Å². The summed E-state index contributed by atoms with van der Waals surface area (Å²) in [7, 11) is 0. The molecule has 0 amide bonds. The van der Waals surface area contributed by atoms with E-state index in [9.17, 15) is 4.79 Å². The first-order valence-electron chi connectivity index (χ1n) is 5.53. The zero-order valence-corrected chi connectivity index (χ0v) is 12.5. The first-order chi connectivity index (χ1) is 8.49. The second kappa shape index (κ2) is 5.17. The van der Waals surface area contributed by atoms with Crippen LogP contribution in [0.15, 0.2) is 15.5 Å². The summed E-state index contributed by atoms with van der Waals surface area (Å²) >= 11 is 1.96. The Morgan fingerprint density at radius 3 is 2.83 bits per heavy atom. The Hall–Kier alpha value is -1.25. The normalized spacial score (nSPS) is 11.2. The minimum atomic E-state index is -0.0904. The van der Waals surface area contributed by atoms with Crippen molar-refractivity contribution in [2.45, 2.75) is 33.2 Å². The minimum Gasteiger partial charge on any atom is -0.337 e. The van der Waals surface area contributed by atoms with E-state index in [0.717, 1.165) is 0 Å². The van der Waals surface area contributed by atoms with Crippen molar-refractivity contribution in [1.29, 1.82) is 0 Å². The van der Waals surface area contributed by atoms with E-state index in [-0.39, 0.29) is 18.0 Å². The quantitative estimate of drug-likeness (QED) is 0.780. The maximum Gasteiger partial charge on any atom is 0.267 e. The lowest BCUT2D eigenvalue weighted by Crippen LogP contribution is -2.26. The lowest BCUT2D eigenvalue weighted by Gasteiger charge is -2.05. The molecule has 18 heavy (non-hydrogen) atoms. The van der Waals surface area contributed by atoms with Gasteiger partial charge in [0, 0.05) is 12.1 Å². The number of aryl methyl sites for hydroxylation is 1. The Morgan fingerprint density at radius 2 is 2.22 bits per heavy atom. The Bertz CT molecular complexity index is 618. The van der Waals surface area contributed by atoms with Gasteiger partial charge in [-0.15, -0.1) is 0 Å². The third-order valence-electron chi connectivity index (χ3n) is 2.50. The summed E-state index contributed by atoms with van der Waals surface area (Å²) in [5.41, 5.74) is -0.0904. The Kier molecular flexibility index (Phi) is 3.79. The van der Waals surface area contributed by atoms with E-state index >= 15 is 0 Å². The van der Waals surface area contributed by atoms with Crippen molar-refractivity contribution in [3.63, 3.8) is 0 Å². The molecule has 2 aromatic rings. The highest BCUT2D eigenvalue weighted by atomic mass is 127. The van der Waals surface area contributed by atoms with Gasteiger partial charge in [-0.05, 0) is 29.5 Å². The molecule has 0 aliphatic heterocycles. The molecule has 0 aliphatic rings. The highest BCUT2D eigenvalue weighted by Crippen LogP contribution is 2.10. The lowest BCUT2D eigenvalue weighted by atomic mass is 10.2. The maximum absolute atomic E-state index is 12.0. The van der Waals surface area contributed by atoms with Crippen LogP contribution in [0, 0.1) is 10.5 Å². The molecule has 2 heterocycles. The van der Waals surface area contributed by atoms with Crippen LogP contribution >= 0.6 is 22.6 Å². The fraction of sp³-hybridized carbons (Fsp3) is 0.455. The molecular formula is C11H13IN4O2. The van der Waals surface area contributed by atoms with E-state index < -0.39 is 0 Å². The minimum absolute atomic E-state index is 0.0904. The van der Waals surface area contributed by atoms with Crippen LogP contribution in [0.25, 0.3) is 0 Å². The second-order valence-electron chi connectivity index (χ2n) is 4.25. The van der Waals surface area contributed by atoms with Crippen LogP contribution in [0.3, 0.4) is 0 Å². The van der Waals surface area contributed by atoms with Gasteiger partial charge in [-0.2, -0.15) is 4.98 Å². The lowest BCUT2D eigenvalue weighted by molar-refractivity contribution is 0.361. The Morgan fingerprint density at radius 1 is 1.50 bits per heavy atom. The van der Waals surface area contributed by atoms with Crippen molar-refractivity contribution in [1.82, 2.24) is 19.7 Å². The van der Waals surface area contributed by atoms with Crippen LogP contribution in [0.1, 0.15) is 37.3 Å². The predicted molar refractivity (Wildman–Crippen MR) is 73.4 cm³/mol. The fourth-order valence-electron chi connectivity index (χ4n) is 1.44. The van der Waals surface area contributed by atoms with Crippen molar-refractivity contribution < 1.29 is 4.52 Å². The molecule has 0 saturated heterocycles. The van der Waals surface area contributed by atoms with Gasteiger partial charge in [0.1, 0.15) is 12.4 Å². The molecule has 0 aliphatic carbocycles. The van der Waals surface area contributed by atoms with Crippen LogP contribution < -0.4 is 5.56 Å². The van der Waals surface area contributed by atoms with Gasteiger partial charge in [0.25, 0.3) is 5.56 Å². The molecule has 96 valence electrons. The summed E-state index contributed by atoms with van der Waals surface area (Å²) in [4.78, 5) is 20.4. The summed E-state index contributed by atoms with van der Waals surface area (Å²) in [6.45, 7) is 6.00. The van der Waals surface area contributed by atoms with Gasteiger partial charge in [-0.1, -0.05) is 19.0 Å². The highest BCUT2D eigenvalue weighted by molar-refractivity contribution is 14.1. The maximum atomic E-state index is 12.0. The molecule has 0 unspecified atom stereocenters. The van der Waals surface area contributed by atoms with E-state index in [0.29, 0.717) is 21.1 Å². The molecule has 2 rings (SSSR count). The summed E-state index contributed by atoms with van der Waals surface area (Å²) in [6, 6.07) is 0. The standard InChI is InChI=1S/C11H13IN4O2/c1-6(2)10-14-9(18-15-10)5-16-7(3)13-4-8(12)11(16)17/h4,6H,5H2,1-3H3. The number of hydrogen-bond donors (Lipinski definition) is 0. The molecule has 0 spiro atoms. The smallest absolute Gasteiger partial charge is 0.267 e. The molecule has 0 fully saturated rings. The number of nitrogens with zero attached hydrogens (tertiary/aromatic N) is 4. The molecule has 0 bridgehead atoms. The van der Waals surface area contributed by atoms with Gasteiger partial charge in [-0.25, -0.2) is 4.98 Å². The van der Waals surface area contributed by atoms with Crippen molar-refractivity contribution in [2.75, 3.05) is 0 Å². The van der Waals surface area contributed by atoms with Gasteiger partial charge >= 0.3 is 0 Å². The van der Waals surface area contributed by atoms with Crippen LogP contribution in [0.5, 0.6) is 0 Å². The van der Waals surface area contributed by atoms with Crippen LogP contribution in [0.2, 0.25) is 0 Å². The molecule has 6 nitrogen and oxygen atoms in total.